The fraction of sp³-hybridized carbons (Fsp3) is 0.909. The molecular weight excluding hydrogens is 344 g/mol. The highest BCUT2D eigenvalue weighted by Gasteiger charge is 2.78. The lowest BCUT2D eigenvalue weighted by molar-refractivity contribution is -0.416. The summed E-state index contributed by atoms with van der Waals surface area (Å²) in [6.45, 7) is 3.32. The Bertz CT molecular complexity index is 583. The maximum Gasteiger partial charge on any atom is 0.201 e. The molecule has 4 rings (SSSR count). The van der Waals surface area contributed by atoms with Crippen molar-refractivity contribution in [1.82, 2.24) is 0 Å². The van der Waals surface area contributed by atoms with Crippen molar-refractivity contribution in [2.45, 2.75) is 81.9 Å². The average molecular weight is 379 g/mol. The summed E-state index contributed by atoms with van der Waals surface area (Å²) in [5.41, 5.74) is -0.543. The van der Waals surface area contributed by atoms with E-state index in [2.05, 4.69) is 18.8 Å². The van der Waals surface area contributed by atoms with Gasteiger partial charge in [-0.2, -0.15) is 0 Å². The highest BCUT2D eigenvalue weighted by atomic mass is 16.8. The summed E-state index contributed by atoms with van der Waals surface area (Å²) in [4.78, 5) is 0. The maximum atomic E-state index is 10.7. The Hall–Kier alpha value is -0.640. The van der Waals surface area contributed by atoms with Gasteiger partial charge in [0.05, 0.1) is 25.2 Å². The lowest BCUT2D eigenvalue weighted by atomic mass is 9.46. The van der Waals surface area contributed by atoms with Crippen LogP contribution in [0.3, 0.4) is 0 Å². The van der Waals surface area contributed by atoms with Crippen LogP contribution in [0.2, 0.25) is 0 Å². The molecule has 2 N–H and O–H groups in total. The fourth-order valence-electron chi connectivity index (χ4n) is 6.40. The third-order valence-electron chi connectivity index (χ3n) is 7.68. The van der Waals surface area contributed by atoms with Crippen LogP contribution in [0.25, 0.3) is 0 Å². The molecule has 1 aliphatic heterocycles. The minimum Gasteiger partial charge on any atom is -0.392 e. The molecule has 0 aromatic carbocycles. The molecule has 1 saturated heterocycles. The molecule has 0 amide bonds. The van der Waals surface area contributed by atoms with Crippen molar-refractivity contribution in [2.75, 3.05) is 20.3 Å². The summed E-state index contributed by atoms with van der Waals surface area (Å²) < 4.78 is 18.3. The molecule has 1 spiro atoms. The summed E-state index contributed by atoms with van der Waals surface area (Å²) in [5, 5.41) is 21.3. The van der Waals surface area contributed by atoms with Crippen LogP contribution in [-0.2, 0) is 14.2 Å². The monoisotopic (exact) mass is 378 g/mol. The van der Waals surface area contributed by atoms with E-state index >= 15 is 0 Å². The van der Waals surface area contributed by atoms with E-state index in [4.69, 9.17) is 14.2 Å². The molecule has 0 bridgehead atoms. The van der Waals surface area contributed by atoms with Gasteiger partial charge in [0.25, 0.3) is 0 Å². The minimum absolute atomic E-state index is 0.0698. The molecule has 0 radical (unpaired) electrons. The molecule has 4 aliphatic rings. The zero-order valence-electron chi connectivity index (χ0n) is 16.7. The van der Waals surface area contributed by atoms with Gasteiger partial charge in [0.15, 0.2) is 0 Å². The smallest absolute Gasteiger partial charge is 0.201 e. The predicted octanol–water partition coefficient (Wildman–Crippen LogP) is 2.49. The molecule has 3 aliphatic carbocycles. The summed E-state index contributed by atoms with van der Waals surface area (Å²) >= 11 is 0. The molecule has 152 valence electrons. The Balaban J connectivity index is 1.58. The first-order chi connectivity index (χ1) is 13.1. The van der Waals surface area contributed by atoms with E-state index in [0.717, 1.165) is 25.7 Å². The molecule has 27 heavy (non-hydrogen) atoms. The van der Waals surface area contributed by atoms with Crippen molar-refractivity contribution < 1.29 is 24.4 Å². The average Bonchev–Trinajstić information content (AvgIpc) is 3.21. The van der Waals surface area contributed by atoms with E-state index < -0.39 is 23.6 Å². The number of hydrogen-bond acceptors (Lipinski definition) is 5. The quantitative estimate of drug-likeness (QED) is 0.739. The first-order valence-electron chi connectivity index (χ1n) is 10.8. The molecular formula is C22H34O5. The van der Waals surface area contributed by atoms with Crippen LogP contribution in [0.15, 0.2) is 0 Å². The van der Waals surface area contributed by atoms with Crippen LogP contribution >= 0.6 is 0 Å². The normalized spacial score (nSPS) is 42.1. The third-order valence-corrected chi connectivity index (χ3v) is 7.68. The van der Waals surface area contributed by atoms with Gasteiger partial charge in [0.2, 0.25) is 5.79 Å². The predicted molar refractivity (Wildman–Crippen MR) is 101 cm³/mol. The van der Waals surface area contributed by atoms with Gasteiger partial charge < -0.3 is 24.4 Å². The summed E-state index contributed by atoms with van der Waals surface area (Å²) in [6, 6.07) is 0. The van der Waals surface area contributed by atoms with Crippen molar-refractivity contribution in [3.63, 3.8) is 0 Å². The van der Waals surface area contributed by atoms with E-state index in [-0.39, 0.29) is 23.7 Å². The van der Waals surface area contributed by atoms with E-state index in [0.29, 0.717) is 19.6 Å². The van der Waals surface area contributed by atoms with E-state index in [1.54, 1.807) is 7.11 Å². The van der Waals surface area contributed by atoms with Crippen LogP contribution in [0.1, 0.15) is 58.3 Å². The van der Waals surface area contributed by atoms with Crippen molar-refractivity contribution in [3.05, 3.63) is 0 Å². The Morgan fingerprint density at radius 1 is 1.15 bits per heavy atom. The van der Waals surface area contributed by atoms with Crippen molar-refractivity contribution in [3.8, 4) is 11.8 Å². The van der Waals surface area contributed by atoms with Crippen molar-refractivity contribution in [1.29, 1.82) is 0 Å². The largest absolute Gasteiger partial charge is 0.392 e. The number of methoxy groups -OCH3 is 1. The Morgan fingerprint density at radius 2 is 1.85 bits per heavy atom. The first kappa shape index (κ1) is 19.7. The second-order valence-corrected chi connectivity index (χ2v) is 8.76. The first-order valence-corrected chi connectivity index (χ1v) is 10.8. The van der Waals surface area contributed by atoms with Crippen LogP contribution in [0.5, 0.6) is 0 Å². The van der Waals surface area contributed by atoms with E-state index in [1.807, 2.05) is 0 Å². The molecule has 0 aromatic heterocycles. The summed E-state index contributed by atoms with van der Waals surface area (Å²) in [5.74, 6) is 6.00. The number of aliphatic hydroxyl groups is 2. The van der Waals surface area contributed by atoms with E-state index in [1.165, 1.54) is 19.3 Å². The number of aliphatic hydroxyl groups excluding tert-OH is 2. The standard InChI is InChI=1S/C22H34O5/c1-3-17-20-16(9-10-18(23)15-7-5-4-6-8-15)19(24)11-12-21(20,25-2)22(17)26-13-14-27-22/h15-20,23-24H,3-8,11-14H2,1-2H3/t16-,17?,18+,19+,20-,21+/m0/s1. The van der Waals surface area contributed by atoms with Gasteiger partial charge in [-0.05, 0) is 38.0 Å². The molecule has 5 nitrogen and oxygen atoms in total. The SMILES string of the molecule is CCC1[C@@H]2[C@@H](C#C[C@@H](O)C3CCCCC3)[C@H](O)CC[C@]2(OC)C12OCCO2. The van der Waals surface area contributed by atoms with Gasteiger partial charge in [0, 0.05) is 18.9 Å². The summed E-state index contributed by atoms with van der Waals surface area (Å²) in [6.07, 6.45) is 6.88. The Kier molecular flexibility index (Phi) is 5.57. The van der Waals surface area contributed by atoms with Crippen LogP contribution < -0.4 is 0 Å². The molecule has 0 aromatic rings. The lowest BCUT2D eigenvalue weighted by Gasteiger charge is -2.68. The van der Waals surface area contributed by atoms with Gasteiger partial charge in [-0.15, -0.1) is 0 Å². The van der Waals surface area contributed by atoms with Gasteiger partial charge in [-0.3, -0.25) is 0 Å². The molecule has 4 fully saturated rings. The van der Waals surface area contributed by atoms with E-state index in [9.17, 15) is 10.2 Å². The number of fused-ring (bicyclic) bond motifs is 2. The number of rotatable bonds is 3. The minimum atomic E-state index is -0.691. The fourth-order valence-corrected chi connectivity index (χ4v) is 6.40. The molecule has 1 heterocycles. The molecule has 6 atom stereocenters. The van der Waals surface area contributed by atoms with Crippen LogP contribution in [-0.4, -0.2) is 54.1 Å². The third kappa shape index (κ3) is 2.88. The van der Waals surface area contributed by atoms with Gasteiger partial charge in [-0.25, -0.2) is 0 Å². The van der Waals surface area contributed by atoms with Crippen LogP contribution in [0.4, 0.5) is 0 Å². The summed E-state index contributed by atoms with van der Waals surface area (Å²) in [7, 11) is 1.73. The lowest BCUT2D eigenvalue weighted by Crippen LogP contribution is -2.80. The van der Waals surface area contributed by atoms with Crippen molar-refractivity contribution in [2.24, 2.45) is 23.7 Å². The molecule has 5 heteroatoms. The topological polar surface area (TPSA) is 68.2 Å². The molecule has 1 unspecified atom stereocenters. The van der Waals surface area contributed by atoms with Gasteiger partial charge >= 0.3 is 0 Å². The second-order valence-electron chi connectivity index (χ2n) is 8.76. The van der Waals surface area contributed by atoms with Gasteiger partial charge in [-0.1, -0.05) is 38.0 Å². The number of hydrogen-bond donors (Lipinski definition) is 2. The second kappa shape index (κ2) is 7.65. The highest BCUT2D eigenvalue weighted by molar-refractivity contribution is 5.27. The Morgan fingerprint density at radius 3 is 2.48 bits per heavy atom. The van der Waals surface area contributed by atoms with Crippen molar-refractivity contribution >= 4 is 0 Å². The highest BCUT2D eigenvalue weighted by Crippen LogP contribution is 2.66. The van der Waals surface area contributed by atoms with Gasteiger partial charge in [0.1, 0.15) is 11.7 Å². The zero-order valence-corrected chi connectivity index (χ0v) is 16.7. The molecule has 3 saturated carbocycles. The maximum absolute atomic E-state index is 10.7. The zero-order chi connectivity index (χ0) is 19.1. The number of ether oxygens (including phenoxy) is 3. The van der Waals surface area contributed by atoms with Crippen LogP contribution in [0, 0.1) is 35.5 Å². The Labute approximate surface area is 162 Å².